The topological polar surface area (TPSA) is 112 Å². The van der Waals surface area contributed by atoms with Crippen LogP contribution in [0.3, 0.4) is 0 Å². The van der Waals surface area contributed by atoms with Crippen molar-refractivity contribution in [2.75, 3.05) is 32.4 Å². The van der Waals surface area contributed by atoms with Crippen molar-refractivity contribution in [1.29, 1.82) is 0 Å². The number of likely N-dealkylation sites (tertiary alicyclic amines) is 1. The van der Waals surface area contributed by atoms with Crippen LogP contribution in [0.4, 0.5) is 4.79 Å². The number of nitrogens with zero attached hydrogens (tertiary/aromatic N) is 2. The Labute approximate surface area is 202 Å². The van der Waals surface area contributed by atoms with E-state index in [-0.39, 0.29) is 48.9 Å². The van der Waals surface area contributed by atoms with Crippen LogP contribution >= 0.6 is 24.0 Å². The number of guanidine groups is 1. The van der Waals surface area contributed by atoms with Gasteiger partial charge in [0.1, 0.15) is 5.60 Å². The number of nitrogens with one attached hydrogen (secondary N) is 3. The van der Waals surface area contributed by atoms with E-state index in [0.29, 0.717) is 19.0 Å². The van der Waals surface area contributed by atoms with Gasteiger partial charge in [-0.1, -0.05) is 30.3 Å². The lowest BCUT2D eigenvalue weighted by Crippen LogP contribution is -2.45. The number of ether oxygens (including phenoxy) is 1. The average Bonchev–Trinajstić information content (AvgIpc) is 3.11. The van der Waals surface area contributed by atoms with Gasteiger partial charge in [0, 0.05) is 33.2 Å². The average molecular weight is 567 g/mol. The molecular formula is C20H34IN5O4S. The molecule has 31 heavy (non-hydrogen) atoms. The highest BCUT2D eigenvalue weighted by atomic mass is 127. The molecular weight excluding hydrogens is 533 g/mol. The molecule has 0 aliphatic carbocycles. The van der Waals surface area contributed by atoms with E-state index < -0.39 is 21.7 Å². The van der Waals surface area contributed by atoms with E-state index in [2.05, 4.69) is 20.3 Å². The van der Waals surface area contributed by atoms with Crippen LogP contribution in [0.5, 0.6) is 0 Å². The summed E-state index contributed by atoms with van der Waals surface area (Å²) in [6, 6.07) is 9.33. The third-order valence-corrected chi connectivity index (χ3v) is 5.74. The molecule has 1 amide bonds. The molecule has 1 aromatic rings. The first-order valence-corrected chi connectivity index (χ1v) is 11.7. The smallest absolute Gasteiger partial charge is 0.407 e. The van der Waals surface area contributed by atoms with E-state index in [4.69, 9.17) is 4.74 Å². The molecule has 1 heterocycles. The quantitative estimate of drug-likeness (QED) is 0.264. The van der Waals surface area contributed by atoms with Crippen molar-refractivity contribution in [1.82, 2.24) is 20.3 Å². The lowest BCUT2D eigenvalue weighted by atomic mass is 10.2. The first-order chi connectivity index (χ1) is 14.1. The van der Waals surface area contributed by atoms with Crippen LogP contribution in [0.25, 0.3) is 0 Å². The molecule has 0 aromatic heterocycles. The highest BCUT2D eigenvalue weighted by molar-refractivity contribution is 14.0. The molecule has 0 saturated carbocycles. The van der Waals surface area contributed by atoms with Gasteiger partial charge in [-0.25, -0.2) is 17.9 Å². The van der Waals surface area contributed by atoms with Crippen LogP contribution in [0, 0.1) is 0 Å². The minimum Gasteiger partial charge on any atom is -0.444 e. The summed E-state index contributed by atoms with van der Waals surface area (Å²) in [7, 11) is -1.76. The Morgan fingerprint density at radius 1 is 1.26 bits per heavy atom. The standard InChI is InChI=1S/C20H33N5O4S.HI/c1-20(2,3)29-19(26)24-17-10-12-25(15-17)18(21-4)22-11-13-30(27,28)23-14-16-8-6-5-7-9-16;/h5-9,17,23H,10-15H2,1-4H3,(H,21,22)(H,24,26);1H. The number of hydrogen-bond donors (Lipinski definition) is 3. The molecule has 9 nitrogen and oxygen atoms in total. The zero-order valence-corrected chi connectivity index (χ0v) is 21.7. The molecule has 176 valence electrons. The number of sulfonamides is 1. The normalized spacial score (nSPS) is 17.1. The molecule has 0 spiro atoms. The Morgan fingerprint density at radius 2 is 1.94 bits per heavy atom. The van der Waals surface area contributed by atoms with Gasteiger partial charge in [0.25, 0.3) is 0 Å². The summed E-state index contributed by atoms with van der Waals surface area (Å²) < 4.78 is 32.3. The monoisotopic (exact) mass is 567 g/mol. The summed E-state index contributed by atoms with van der Waals surface area (Å²) in [5, 5.41) is 5.96. The van der Waals surface area contributed by atoms with Crippen molar-refractivity contribution in [2.45, 2.75) is 45.4 Å². The van der Waals surface area contributed by atoms with Crippen molar-refractivity contribution in [3.05, 3.63) is 35.9 Å². The predicted octanol–water partition coefficient (Wildman–Crippen LogP) is 1.90. The van der Waals surface area contributed by atoms with Crippen LogP contribution in [0.2, 0.25) is 0 Å². The molecule has 0 bridgehead atoms. The third-order valence-electron chi connectivity index (χ3n) is 4.41. The van der Waals surface area contributed by atoms with Gasteiger partial charge < -0.3 is 20.3 Å². The van der Waals surface area contributed by atoms with E-state index in [1.165, 1.54) is 0 Å². The summed E-state index contributed by atoms with van der Waals surface area (Å²) >= 11 is 0. The molecule has 0 radical (unpaired) electrons. The van der Waals surface area contributed by atoms with Gasteiger partial charge >= 0.3 is 6.09 Å². The summed E-state index contributed by atoms with van der Waals surface area (Å²) in [5.41, 5.74) is 0.366. The van der Waals surface area contributed by atoms with Crippen LogP contribution < -0.4 is 15.4 Å². The largest absolute Gasteiger partial charge is 0.444 e. The first-order valence-electron chi connectivity index (χ1n) is 10.0. The van der Waals surface area contributed by atoms with Crippen molar-refractivity contribution in [3.8, 4) is 0 Å². The van der Waals surface area contributed by atoms with Gasteiger partial charge in [0.05, 0.1) is 11.8 Å². The van der Waals surface area contributed by atoms with Gasteiger partial charge in [0.15, 0.2) is 5.96 Å². The molecule has 1 saturated heterocycles. The van der Waals surface area contributed by atoms with E-state index in [9.17, 15) is 13.2 Å². The molecule has 2 rings (SSSR count). The maximum Gasteiger partial charge on any atom is 0.407 e. The fraction of sp³-hybridized carbons (Fsp3) is 0.600. The molecule has 1 aliphatic rings. The van der Waals surface area contributed by atoms with Gasteiger partial charge in [-0.05, 0) is 32.8 Å². The van der Waals surface area contributed by atoms with Crippen molar-refractivity contribution in [3.63, 3.8) is 0 Å². The molecule has 1 aliphatic heterocycles. The van der Waals surface area contributed by atoms with Crippen LogP contribution in [-0.2, 0) is 21.3 Å². The summed E-state index contributed by atoms with van der Waals surface area (Å²) in [4.78, 5) is 18.2. The Hall–Kier alpha value is -1.60. The van der Waals surface area contributed by atoms with Gasteiger partial charge in [-0.15, -0.1) is 24.0 Å². The molecule has 3 N–H and O–H groups in total. The number of aliphatic imine (C=N–C) groups is 1. The van der Waals surface area contributed by atoms with Crippen molar-refractivity contribution in [2.24, 2.45) is 4.99 Å². The van der Waals surface area contributed by atoms with Gasteiger partial charge in [-0.2, -0.15) is 0 Å². The van der Waals surface area contributed by atoms with Crippen LogP contribution in [0.15, 0.2) is 35.3 Å². The number of amides is 1. The minimum atomic E-state index is -3.41. The number of halogens is 1. The second-order valence-corrected chi connectivity index (χ2v) is 10.1. The van der Waals surface area contributed by atoms with Crippen molar-refractivity contribution < 1.29 is 17.9 Å². The minimum absolute atomic E-state index is 0. The maximum absolute atomic E-state index is 12.2. The SMILES string of the molecule is CN=C(NCCS(=O)(=O)NCc1ccccc1)N1CCC(NC(=O)OC(C)(C)C)C1.I. The zero-order valence-electron chi connectivity index (χ0n) is 18.6. The predicted molar refractivity (Wildman–Crippen MR) is 133 cm³/mol. The number of rotatable bonds is 7. The van der Waals surface area contributed by atoms with Gasteiger partial charge in [-0.3, -0.25) is 4.99 Å². The molecule has 1 unspecified atom stereocenters. The third kappa shape index (κ3) is 10.5. The number of carbonyl (C=O) groups excluding carboxylic acids is 1. The molecule has 11 heteroatoms. The van der Waals surface area contributed by atoms with E-state index in [1.54, 1.807) is 7.05 Å². The Balaban J connectivity index is 0.00000480. The van der Waals surface area contributed by atoms with Crippen LogP contribution in [0.1, 0.15) is 32.8 Å². The number of carbonyl (C=O) groups is 1. The fourth-order valence-corrected chi connectivity index (χ4v) is 3.94. The molecule has 1 atom stereocenters. The number of hydrogen-bond acceptors (Lipinski definition) is 5. The lowest BCUT2D eigenvalue weighted by molar-refractivity contribution is 0.0507. The maximum atomic E-state index is 12.2. The van der Waals surface area contributed by atoms with E-state index >= 15 is 0 Å². The Morgan fingerprint density at radius 3 is 2.55 bits per heavy atom. The van der Waals surface area contributed by atoms with E-state index in [0.717, 1.165) is 12.0 Å². The number of alkyl carbamates (subject to hydrolysis) is 1. The lowest BCUT2D eigenvalue weighted by Gasteiger charge is -2.23. The summed E-state index contributed by atoms with van der Waals surface area (Å²) in [6.07, 6.45) is 0.324. The summed E-state index contributed by atoms with van der Waals surface area (Å²) in [5.74, 6) is 0.550. The highest BCUT2D eigenvalue weighted by Crippen LogP contribution is 2.12. The molecule has 1 aromatic carbocycles. The summed E-state index contributed by atoms with van der Waals surface area (Å²) in [6.45, 7) is 7.25. The molecule has 1 fully saturated rings. The second kappa shape index (κ2) is 12.4. The number of benzene rings is 1. The van der Waals surface area contributed by atoms with E-state index in [1.807, 2.05) is 56.0 Å². The fourth-order valence-electron chi connectivity index (χ4n) is 3.04. The highest BCUT2D eigenvalue weighted by Gasteiger charge is 2.28. The van der Waals surface area contributed by atoms with Gasteiger partial charge in [0.2, 0.25) is 10.0 Å². The second-order valence-electron chi connectivity index (χ2n) is 8.18. The zero-order chi connectivity index (χ0) is 22.2. The van der Waals surface area contributed by atoms with Crippen LogP contribution in [-0.4, -0.2) is 69.4 Å². The Kier molecular flexibility index (Phi) is 11.0. The first kappa shape index (κ1) is 27.4. The van der Waals surface area contributed by atoms with Crippen molar-refractivity contribution >= 4 is 46.1 Å². The Bertz CT molecular complexity index is 828.